The summed E-state index contributed by atoms with van der Waals surface area (Å²) in [5.74, 6) is 1.55. The van der Waals surface area contributed by atoms with E-state index in [0.29, 0.717) is 11.3 Å². The molecule has 2 saturated carbocycles. The number of carbonyl (C=O) groups is 1. The Kier molecular flexibility index (Phi) is 1.96. The lowest BCUT2D eigenvalue weighted by molar-refractivity contribution is -0.121. The molecule has 2 bridgehead atoms. The van der Waals surface area contributed by atoms with Crippen molar-refractivity contribution in [2.75, 3.05) is 0 Å². The molecule has 0 saturated heterocycles. The molecule has 2 nitrogen and oxygen atoms in total. The van der Waals surface area contributed by atoms with Gasteiger partial charge in [-0.05, 0) is 36.5 Å². The van der Waals surface area contributed by atoms with E-state index < -0.39 is 0 Å². The Bertz CT molecular complexity index is 271. The minimum Gasteiger partial charge on any atom is -0.351 e. The second-order valence-corrected chi connectivity index (χ2v) is 5.82. The van der Waals surface area contributed by atoms with E-state index in [4.69, 9.17) is 0 Å². The molecular weight excluding hydrogens is 174 g/mol. The van der Waals surface area contributed by atoms with Crippen LogP contribution in [0.2, 0.25) is 0 Å². The summed E-state index contributed by atoms with van der Waals surface area (Å²) in [6.45, 7) is 8.64. The summed E-state index contributed by atoms with van der Waals surface area (Å²) in [4.78, 5) is 11.2. The van der Waals surface area contributed by atoms with Gasteiger partial charge in [-0.1, -0.05) is 20.8 Å². The lowest BCUT2D eigenvalue weighted by Crippen LogP contribution is -2.51. The molecule has 0 radical (unpaired) electrons. The van der Waals surface area contributed by atoms with Gasteiger partial charge in [-0.15, -0.1) is 0 Å². The summed E-state index contributed by atoms with van der Waals surface area (Å²) < 4.78 is 0. The van der Waals surface area contributed by atoms with E-state index in [1.807, 2.05) is 0 Å². The lowest BCUT2D eigenvalue weighted by atomic mass is 9.67. The third-order valence-corrected chi connectivity index (χ3v) is 4.97. The summed E-state index contributed by atoms with van der Waals surface area (Å²) in [6, 6.07) is 0. The number of nitrogens with one attached hydrogen (secondary N) is 1. The number of carbonyl (C=O) groups excluding carboxylic acids is 1. The van der Waals surface area contributed by atoms with Gasteiger partial charge in [0.2, 0.25) is 5.91 Å². The van der Waals surface area contributed by atoms with E-state index in [1.54, 1.807) is 6.92 Å². The summed E-state index contributed by atoms with van der Waals surface area (Å²) in [7, 11) is 0. The molecule has 2 aliphatic carbocycles. The van der Waals surface area contributed by atoms with Gasteiger partial charge in [-0.25, -0.2) is 0 Å². The Morgan fingerprint density at radius 2 is 2.07 bits per heavy atom. The molecule has 2 heteroatoms. The fraction of sp³-hybridized carbons (Fsp3) is 0.917. The standard InChI is InChI=1S/C12H21NO/c1-8-11(3,4)10-5-6-12(8,7-10)13-9(2)14/h8,10H,5-7H2,1-4H3,(H,13,14)/t8-,10-,12-/m1/s1. The minimum absolute atomic E-state index is 0.125. The fourth-order valence-corrected chi connectivity index (χ4v) is 3.74. The normalized spacial score (nSPS) is 44.0. The van der Waals surface area contributed by atoms with Crippen LogP contribution in [0.1, 0.15) is 47.0 Å². The zero-order valence-corrected chi connectivity index (χ0v) is 9.68. The predicted octanol–water partition coefficient (Wildman–Crippen LogP) is 2.34. The van der Waals surface area contributed by atoms with Crippen LogP contribution < -0.4 is 5.32 Å². The quantitative estimate of drug-likeness (QED) is 0.683. The van der Waals surface area contributed by atoms with Crippen LogP contribution in [0.25, 0.3) is 0 Å². The zero-order chi connectivity index (χ0) is 10.6. The molecule has 3 atom stereocenters. The number of hydrogen-bond donors (Lipinski definition) is 1. The van der Waals surface area contributed by atoms with E-state index in [0.717, 1.165) is 5.92 Å². The van der Waals surface area contributed by atoms with Gasteiger partial charge >= 0.3 is 0 Å². The Morgan fingerprint density at radius 3 is 2.50 bits per heavy atom. The molecule has 0 aromatic carbocycles. The minimum atomic E-state index is 0.125. The molecule has 0 unspecified atom stereocenters. The number of hydrogen-bond acceptors (Lipinski definition) is 1. The maximum absolute atomic E-state index is 11.2. The molecule has 0 heterocycles. The molecular formula is C12H21NO. The van der Waals surface area contributed by atoms with Gasteiger partial charge in [0.05, 0.1) is 0 Å². The van der Waals surface area contributed by atoms with Crippen LogP contribution >= 0.6 is 0 Å². The van der Waals surface area contributed by atoms with Crippen LogP contribution in [0.3, 0.4) is 0 Å². The maximum atomic E-state index is 11.2. The summed E-state index contributed by atoms with van der Waals surface area (Å²) in [6.07, 6.45) is 3.67. The third kappa shape index (κ3) is 1.12. The average molecular weight is 195 g/mol. The van der Waals surface area contributed by atoms with Crippen molar-refractivity contribution >= 4 is 5.91 Å². The van der Waals surface area contributed by atoms with Gasteiger partial charge in [0, 0.05) is 12.5 Å². The van der Waals surface area contributed by atoms with Crippen LogP contribution in [-0.4, -0.2) is 11.4 Å². The smallest absolute Gasteiger partial charge is 0.217 e. The van der Waals surface area contributed by atoms with Gasteiger partial charge in [-0.2, -0.15) is 0 Å². The molecule has 0 spiro atoms. The van der Waals surface area contributed by atoms with Crippen molar-refractivity contribution in [1.82, 2.24) is 5.32 Å². The van der Waals surface area contributed by atoms with Crippen molar-refractivity contribution in [2.24, 2.45) is 17.3 Å². The van der Waals surface area contributed by atoms with Crippen LogP contribution in [-0.2, 0) is 4.79 Å². The molecule has 1 N–H and O–H groups in total. The Labute approximate surface area is 86.5 Å². The third-order valence-electron chi connectivity index (χ3n) is 4.97. The Morgan fingerprint density at radius 1 is 1.43 bits per heavy atom. The van der Waals surface area contributed by atoms with E-state index in [9.17, 15) is 4.79 Å². The number of amides is 1. The summed E-state index contributed by atoms with van der Waals surface area (Å²) in [5.41, 5.74) is 0.528. The highest BCUT2D eigenvalue weighted by Crippen LogP contribution is 2.61. The van der Waals surface area contributed by atoms with Crippen LogP contribution in [0.15, 0.2) is 0 Å². The van der Waals surface area contributed by atoms with Crippen LogP contribution in [0.5, 0.6) is 0 Å². The molecule has 0 aliphatic heterocycles. The largest absolute Gasteiger partial charge is 0.351 e. The highest BCUT2D eigenvalue weighted by molar-refractivity contribution is 5.74. The first kappa shape index (κ1) is 10.0. The predicted molar refractivity (Wildman–Crippen MR) is 56.8 cm³/mol. The molecule has 1 amide bonds. The highest BCUT2D eigenvalue weighted by atomic mass is 16.1. The Hall–Kier alpha value is -0.530. The van der Waals surface area contributed by atoms with E-state index in [-0.39, 0.29) is 11.4 Å². The SMILES string of the molecule is CC(=O)N[C@]12CC[C@H](C1)C(C)(C)[C@H]2C. The van der Waals surface area contributed by atoms with E-state index in [1.165, 1.54) is 19.3 Å². The highest BCUT2D eigenvalue weighted by Gasteiger charge is 2.59. The Balaban J connectivity index is 2.26. The topological polar surface area (TPSA) is 29.1 Å². The van der Waals surface area contributed by atoms with Crippen molar-refractivity contribution in [3.8, 4) is 0 Å². The van der Waals surface area contributed by atoms with Gasteiger partial charge in [-0.3, -0.25) is 4.79 Å². The first-order valence-corrected chi connectivity index (χ1v) is 5.67. The molecule has 2 rings (SSSR count). The second kappa shape index (κ2) is 2.74. The van der Waals surface area contributed by atoms with Gasteiger partial charge in [0.15, 0.2) is 0 Å². The molecule has 0 aromatic heterocycles. The van der Waals surface area contributed by atoms with Crippen molar-refractivity contribution in [2.45, 2.75) is 52.5 Å². The van der Waals surface area contributed by atoms with Gasteiger partial charge in [0.25, 0.3) is 0 Å². The molecule has 2 aliphatic rings. The second-order valence-electron chi connectivity index (χ2n) is 5.82. The van der Waals surface area contributed by atoms with E-state index >= 15 is 0 Å². The van der Waals surface area contributed by atoms with Crippen molar-refractivity contribution in [1.29, 1.82) is 0 Å². The number of rotatable bonds is 1. The van der Waals surface area contributed by atoms with Crippen LogP contribution in [0, 0.1) is 17.3 Å². The fourth-order valence-electron chi connectivity index (χ4n) is 3.74. The van der Waals surface area contributed by atoms with E-state index in [2.05, 4.69) is 26.1 Å². The van der Waals surface area contributed by atoms with Crippen molar-refractivity contribution < 1.29 is 4.79 Å². The lowest BCUT2D eigenvalue weighted by Gasteiger charge is -2.42. The average Bonchev–Trinajstić information content (AvgIpc) is 2.52. The van der Waals surface area contributed by atoms with Gasteiger partial charge in [0.1, 0.15) is 0 Å². The van der Waals surface area contributed by atoms with Gasteiger partial charge < -0.3 is 5.32 Å². The summed E-state index contributed by atoms with van der Waals surface area (Å²) in [5, 5.41) is 3.21. The zero-order valence-electron chi connectivity index (χ0n) is 9.68. The first-order chi connectivity index (χ1) is 6.38. The van der Waals surface area contributed by atoms with Crippen molar-refractivity contribution in [3.63, 3.8) is 0 Å². The molecule has 0 aromatic rings. The molecule has 80 valence electrons. The molecule has 14 heavy (non-hydrogen) atoms. The maximum Gasteiger partial charge on any atom is 0.217 e. The van der Waals surface area contributed by atoms with Crippen molar-refractivity contribution in [3.05, 3.63) is 0 Å². The monoisotopic (exact) mass is 195 g/mol. The first-order valence-electron chi connectivity index (χ1n) is 5.67. The number of fused-ring (bicyclic) bond motifs is 2. The summed E-state index contributed by atoms with van der Waals surface area (Å²) >= 11 is 0. The van der Waals surface area contributed by atoms with Crippen LogP contribution in [0.4, 0.5) is 0 Å². The molecule has 2 fully saturated rings.